The van der Waals surface area contributed by atoms with Crippen molar-refractivity contribution in [1.82, 2.24) is 19.2 Å². The number of rotatable bonds is 7. The predicted octanol–water partition coefficient (Wildman–Crippen LogP) is 5.13. The third kappa shape index (κ3) is 4.59. The minimum Gasteiger partial charge on any atom is -0.325 e. The highest BCUT2D eigenvalue weighted by Crippen LogP contribution is 2.28. The van der Waals surface area contributed by atoms with Gasteiger partial charge in [0.1, 0.15) is 0 Å². The van der Waals surface area contributed by atoms with Gasteiger partial charge in [0.2, 0.25) is 11.7 Å². The molecular weight excluding hydrogens is 446 g/mol. The van der Waals surface area contributed by atoms with Gasteiger partial charge >= 0.3 is 0 Å². The molecule has 7 nitrogen and oxygen atoms in total. The maximum Gasteiger partial charge on any atom is 0.262 e. The van der Waals surface area contributed by atoms with Crippen molar-refractivity contribution in [3.05, 3.63) is 63.4 Å². The summed E-state index contributed by atoms with van der Waals surface area (Å²) >= 11 is 1.34. The molecule has 0 aliphatic rings. The van der Waals surface area contributed by atoms with E-state index in [0.29, 0.717) is 28.8 Å². The minimum absolute atomic E-state index is 0.0659. The normalized spacial score (nSPS) is 12.6. The molecule has 0 radical (unpaired) electrons. The number of benzene rings is 2. The Morgan fingerprint density at radius 3 is 2.41 bits per heavy atom. The molecule has 2 heterocycles. The zero-order valence-corrected chi connectivity index (χ0v) is 21.4. The number of carbonyl (C=O) groups excluding carboxylic acids is 1. The Morgan fingerprint density at radius 2 is 1.74 bits per heavy atom. The lowest BCUT2D eigenvalue weighted by molar-refractivity contribution is -0.115. The molecule has 178 valence electrons. The molecule has 0 spiro atoms. The van der Waals surface area contributed by atoms with E-state index < -0.39 is 5.25 Å². The van der Waals surface area contributed by atoms with Gasteiger partial charge in [0.05, 0.1) is 16.2 Å². The average Bonchev–Trinajstić information content (AvgIpc) is 3.19. The summed E-state index contributed by atoms with van der Waals surface area (Å²) in [4.78, 5) is 26.3. The number of hydrogen-bond donors (Lipinski definition) is 1. The van der Waals surface area contributed by atoms with E-state index in [-0.39, 0.29) is 11.5 Å². The van der Waals surface area contributed by atoms with Crippen LogP contribution in [0.25, 0.3) is 16.7 Å². The Morgan fingerprint density at radius 1 is 1.06 bits per heavy atom. The van der Waals surface area contributed by atoms with Crippen molar-refractivity contribution in [3.63, 3.8) is 0 Å². The molecule has 0 aliphatic heterocycles. The first kappa shape index (κ1) is 24.0. The standard InChI is InChI=1S/C26H31N5O2S/c1-15(2)11-12-30-24(33)20-9-7-8-10-21(20)31-25(30)28-29-26(31)34-19(6)23(32)27-22-17(4)13-16(3)14-18(22)5/h7-10,13-15,19H,11-12H2,1-6H3,(H,27,32). The number of anilines is 1. The van der Waals surface area contributed by atoms with Crippen LogP contribution in [-0.2, 0) is 11.3 Å². The van der Waals surface area contributed by atoms with Crippen molar-refractivity contribution in [2.75, 3.05) is 5.32 Å². The van der Waals surface area contributed by atoms with Gasteiger partial charge in [-0.2, -0.15) is 0 Å². The molecule has 2 aromatic carbocycles. The van der Waals surface area contributed by atoms with Crippen molar-refractivity contribution < 1.29 is 4.79 Å². The van der Waals surface area contributed by atoms with E-state index in [1.807, 2.05) is 56.4 Å². The van der Waals surface area contributed by atoms with Crippen molar-refractivity contribution >= 4 is 40.0 Å². The summed E-state index contributed by atoms with van der Waals surface area (Å²) in [6.45, 7) is 12.7. The highest BCUT2D eigenvalue weighted by atomic mass is 32.2. The van der Waals surface area contributed by atoms with Gasteiger partial charge in [-0.3, -0.25) is 18.6 Å². The number of thioether (sulfide) groups is 1. The maximum atomic E-state index is 13.2. The average molecular weight is 478 g/mol. The molecule has 1 unspecified atom stereocenters. The van der Waals surface area contributed by atoms with E-state index in [1.165, 1.54) is 17.3 Å². The molecule has 4 aromatic rings. The molecule has 1 amide bonds. The molecule has 0 aliphatic carbocycles. The van der Waals surface area contributed by atoms with Gasteiger partial charge in [0.25, 0.3) is 5.56 Å². The third-order valence-electron chi connectivity index (χ3n) is 5.98. The van der Waals surface area contributed by atoms with Crippen LogP contribution in [0.3, 0.4) is 0 Å². The first-order valence-corrected chi connectivity index (χ1v) is 12.5. The van der Waals surface area contributed by atoms with Gasteiger partial charge in [-0.15, -0.1) is 10.2 Å². The van der Waals surface area contributed by atoms with Crippen LogP contribution >= 0.6 is 11.8 Å². The number of aromatic nitrogens is 4. The van der Waals surface area contributed by atoms with Gasteiger partial charge < -0.3 is 5.32 Å². The van der Waals surface area contributed by atoms with Gasteiger partial charge in [-0.05, 0) is 63.3 Å². The number of nitrogens with one attached hydrogen (secondary N) is 1. The highest BCUT2D eigenvalue weighted by Gasteiger charge is 2.22. The van der Waals surface area contributed by atoms with Crippen LogP contribution in [0.5, 0.6) is 0 Å². The first-order valence-electron chi connectivity index (χ1n) is 11.6. The van der Waals surface area contributed by atoms with Gasteiger partial charge in [0.15, 0.2) is 5.16 Å². The molecule has 8 heteroatoms. The molecule has 0 fully saturated rings. The van der Waals surface area contributed by atoms with Crippen LogP contribution in [0.2, 0.25) is 0 Å². The molecule has 1 N–H and O–H groups in total. The van der Waals surface area contributed by atoms with Crippen LogP contribution in [0.15, 0.2) is 46.3 Å². The lowest BCUT2D eigenvalue weighted by atomic mass is 10.1. The second-order valence-corrected chi connectivity index (χ2v) is 10.6. The van der Waals surface area contributed by atoms with E-state index in [4.69, 9.17) is 0 Å². The SMILES string of the molecule is Cc1cc(C)c(NC(=O)C(C)Sc2nnc3n(CCC(C)C)c(=O)c4ccccc4n23)c(C)c1. The van der Waals surface area contributed by atoms with Crippen molar-refractivity contribution in [2.45, 2.75) is 64.9 Å². The van der Waals surface area contributed by atoms with Crippen molar-refractivity contribution in [2.24, 2.45) is 5.92 Å². The Bertz CT molecular complexity index is 1410. The Balaban J connectivity index is 1.70. The summed E-state index contributed by atoms with van der Waals surface area (Å²) in [5, 5.41) is 12.6. The number of hydrogen-bond acceptors (Lipinski definition) is 5. The molecular formula is C26H31N5O2S. The van der Waals surface area contributed by atoms with E-state index in [0.717, 1.165) is 28.8 Å². The summed E-state index contributed by atoms with van der Waals surface area (Å²) < 4.78 is 3.59. The van der Waals surface area contributed by atoms with E-state index in [9.17, 15) is 9.59 Å². The summed E-state index contributed by atoms with van der Waals surface area (Å²) in [5.41, 5.74) is 4.77. The monoisotopic (exact) mass is 477 g/mol. The maximum absolute atomic E-state index is 13.2. The molecule has 4 rings (SSSR count). The number of amides is 1. The first-order chi connectivity index (χ1) is 16.2. The third-order valence-corrected chi connectivity index (χ3v) is 7.03. The van der Waals surface area contributed by atoms with Crippen LogP contribution in [-0.4, -0.2) is 30.3 Å². The van der Waals surface area contributed by atoms with E-state index in [2.05, 4.69) is 41.5 Å². The molecule has 0 saturated heterocycles. The zero-order valence-electron chi connectivity index (χ0n) is 20.5. The second kappa shape index (κ2) is 9.62. The lowest BCUT2D eigenvalue weighted by Crippen LogP contribution is -2.25. The summed E-state index contributed by atoms with van der Waals surface area (Å²) in [5.74, 6) is 0.853. The van der Waals surface area contributed by atoms with Crippen LogP contribution < -0.4 is 10.9 Å². The second-order valence-electron chi connectivity index (χ2n) is 9.30. The van der Waals surface area contributed by atoms with E-state index in [1.54, 1.807) is 4.57 Å². The fraction of sp³-hybridized carbons (Fsp3) is 0.385. The summed E-state index contributed by atoms with van der Waals surface area (Å²) in [6, 6.07) is 11.6. The van der Waals surface area contributed by atoms with E-state index >= 15 is 0 Å². The summed E-state index contributed by atoms with van der Waals surface area (Å²) in [6.07, 6.45) is 0.858. The molecule has 0 bridgehead atoms. The molecule has 34 heavy (non-hydrogen) atoms. The summed E-state index contributed by atoms with van der Waals surface area (Å²) in [7, 11) is 0. The highest BCUT2D eigenvalue weighted by molar-refractivity contribution is 8.00. The fourth-order valence-corrected chi connectivity index (χ4v) is 5.07. The largest absolute Gasteiger partial charge is 0.325 e. The van der Waals surface area contributed by atoms with Crippen molar-refractivity contribution in [1.29, 1.82) is 0 Å². The Labute approximate surface area is 203 Å². The fourth-order valence-electron chi connectivity index (χ4n) is 4.21. The quantitative estimate of drug-likeness (QED) is 0.373. The molecule has 0 saturated carbocycles. The Kier molecular flexibility index (Phi) is 6.79. The van der Waals surface area contributed by atoms with Gasteiger partial charge in [-0.1, -0.05) is 55.4 Å². The van der Waals surface area contributed by atoms with Crippen LogP contribution in [0.1, 0.15) is 43.9 Å². The van der Waals surface area contributed by atoms with Gasteiger partial charge in [-0.25, -0.2) is 0 Å². The predicted molar refractivity (Wildman–Crippen MR) is 139 cm³/mol. The topological polar surface area (TPSA) is 81.3 Å². The number of fused-ring (bicyclic) bond motifs is 3. The number of carbonyl (C=O) groups is 1. The number of aryl methyl sites for hydroxylation is 4. The van der Waals surface area contributed by atoms with Crippen molar-refractivity contribution in [3.8, 4) is 0 Å². The number of para-hydroxylation sites is 1. The van der Waals surface area contributed by atoms with Gasteiger partial charge in [0, 0.05) is 12.2 Å². The van der Waals surface area contributed by atoms with Crippen LogP contribution in [0.4, 0.5) is 5.69 Å². The Hall–Kier alpha value is -3.13. The lowest BCUT2D eigenvalue weighted by Gasteiger charge is -2.16. The zero-order chi connectivity index (χ0) is 24.6. The number of nitrogens with zero attached hydrogens (tertiary/aromatic N) is 4. The minimum atomic E-state index is -0.415. The van der Waals surface area contributed by atoms with Crippen LogP contribution in [0, 0.1) is 26.7 Å². The molecule has 2 aromatic heterocycles. The molecule has 1 atom stereocenters. The smallest absolute Gasteiger partial charge is 0.262 e.